The molecule has 108 valence electrons. The third kappa shape index (κ3) is 4.09. The second-order valence-corrected chi connectivity index (χ2v) is 5.40. The molecule has 0 aliphatic carbocycles. The Labute approximate surface area is 122 Å². The van der Waals surface area contributed by atoms with Crippen molar-refractivity contribution in [3.8, 4) is 0 Å². The van der Waals surface area contributed by atoms with E-state index in [9.17, 15) is 4.79 Å². The third-order valence-corrected chi connectivity index (χ3v) is 2.86. The minimum atomic E-state index is 0.0259. The van der Waals surface area contributed by atoms with Crippen molar-refractivity contribution in [2.24, 2.45) is 5.92 Å². The lowest BCUT2D eigenvalue weighted by molar-refractivity contribution is -0.120. The fourth-order valence-corrected chi connectivity index (χ4v) is 1.78. The monoisotopic (exact) mass is 295 g/mol. The van der Waals surface area contributed by atoms with Crippen LogP contribution in [-0.4, -0.2) is 33.6 Å². The zero-order valence-corrected chi connectivity index (χ0v) is 12.3. The van der Waals surface area contributed by atoms with Crippen LogP contribution < -0.4 is 10.6 Å². The number of nitrogens with one attached hydrogen (secondary N) is 2. The molecule has 2 aromatic heterocycles. The number of rotatable bonds is 6. The zero-order chi connectivity index (χ0) is 14.5. The quantitative estimate of drug-likeness (QED) is 0.854. The number of pyridine rings is 1. The van der Waals surface area contributed by atoms with Crippen molar-refractivity contribution in [3.63, 3.8) is 0 Å². The molecule has 0 fully saturated rings. The molecular weight excluding hydrogens is 278 g/mol. The van der Waals surface area contributed by atoms with Crippen LogP contribution in [0.4, 0.5) is 5.95 Å². The van der Waals surface area contributed by atoms with Gasteiger partial charge in [-0.25, -0.2) is 4.52 Å². The number of carbonyl (C=O) groups is 1. The van der Waals surface area contributed by atoms with E-state index in [4.69, 9.17) is 11.6 Å². The highest BCUT2D eigenvalue weighted by molar-refractivity contribution is 6.30. The van der Waals surface area contributed by atoms with Crippen LogP contribution in [0.3, 0.4) is 0 Å². The fraction of sp³-hybridized carbons (Fsp3) is 0.462. The summed E-state index contributed by atoms with van der Waals surface area (Å²) in [6.07, 6.45) is 2.08. The number of nitrogens with zero attached hydrogens (tertiary/aromatic N) is 3. The Hall–Kier alpha value is -1.82. The fourth-order valence-electron chi connectivity index (χ4n) is 1.63. The maximum atomic E-state index is 11.5. The Morgan fingerprint density at radius 1 is 1.45 bits per heavy atom. The topological polar surface area (TPSA) is 71.3 Å². The Bertz CT molecular complexity index is 595. The predicted octanol–water partition coefficient (Wildman–Crippen LogP) is 1.96. The minimum Gasteiger partial charge on any atom is -0.356 e. The normalized spacial score (nSPS) is 11.0. The van der Waals surface area contributed by atoms with Crippen LogP contribution in [-0.2, 0) is 4.79 Å². The summed E-state index contributed by atoms with van der Waals surface area (Å²) in [5.41, 5.74) is 0.709. The number of anilines is 1. The number of aromatic nitrogens is 3. The van der Waals surface area contributed by atoms with Crippen molar-refractivity contribution in [2.75, 3.05) is 18.4 Å². The average Bonchev–Trinajstić information content (AvgIpc) is 2.78. The highest BCUT2D eigenvalue weighted by atomic mass is 35.5. The average molecular weight is 296 g/mol. The first-order chi connectivity index (χ1) is 9.54. The molecule has 0 aromatic carbocycles. The molecule has 2 rings (SSSR count). The highest BCUT2D eigenvalue weighted by Crippen LogP contribution is 2.11. The first-order valence-electron chi connectivity index (χ1n) is 6.57. The third-order valence-electron chi connectivity index (χ3n) is 2.64. The Morgan fingerprint density at radius 3 is 3.00 bits per heavy atom. The van der Waals surface area contributed by atoms with E-state index in [2.05, 4.69) is 34.6 Å². The molecule has 0 saturated heterocycles. The molecule has 20 heavy (non-hydrogen) atoms. The number of hydrogen-bond acceptors (Lipinski definition) is 4. The second kappa shape index (κ2) is 6.56. The van der Waals surface area contributed by atoms with Gasteiger partial charge < -0.3 is 10.6 Å². The van der Waals surface area contributed by atoms with Crippen LogP contribution in [0.25, 0.3) is 5.65 Å². The Kier molecular flexibility index (Phi) is 4.79. The van der Waals surface area contributed by atoms with Crippen LogP contribution in [0.2, 0.25) is 5.02 Å². The van der Waals surface area contributed by atoms with Crippen molar-refractivity contribution in [1.29, 1.82) is 0 Å². The molecule has 0 bridgehead atoms. The molecule has 0 aliphatic rings. The molecule has 1 amide bonds. The number of fused-ring (bicyclic) bond motifs is 1. The maximum Gasteiger partial charge on any atom is 0.243 e. The molecule has 7 heteroatoms. The van der Waals surface area contributed by atoms with Gasteiger partial charge in [-0.2, -0.15) is 4.98 Å². The molecule has 2 aromatic rings. The molecule has 0 radical (unpaired) electrons. The lowest BCUT2D eigenvalue weighted by Gasteiger charge is -2.07. The summed E-state index contributed by atoms with van der Waals surface area (Å²) in [6, 6.07) is 3.55. The lowest BCUT2D eigenvalue weighted by Crippen LogP contribution is -2.28. The van der Waals surface area contributed by atoms with Crippen molar-refractivity contribution >= 4 is 29.1 Å². The van der Waals surface area contributed by atoms with E-state index in [1.165, 1.54) is 0 Å². The summed E-state index contributed by atoms with van der Waals surface area (Å²) < 4.78 is 1.60. The molecule has 6 nitrogen and oxygen atoms in total. The molecule has 2 N–H and O–H groups in total. The van der Waals surface area contributed by atoms with Gasteiger partial charge in [0.1, 0.15) is 0 Å². The SMILES string of the molecule is CC(C)CNC(=O)CCNc1nc2ccc(Cl)cn2n1. The van der Waals surface area contributed by atoms with Gasteiger partial charge in [0.15, 0.2) is 5.65 Å². The summed E-state index contributed by atoms with van der Waals surface area (Å²) >= 11 is 5.87. The van der Waals surface area contributed by atoms with E-state index in [1.54, 1.807) is 22.8 Å². The lowest BCUT2D eigenvalue weighted by atomic mass is 10.2. The molecular formula is C13H18ClN5O. The van der Waals surface area contributed by atoms with Gasteiger partial charge in [0.05, 0.1) is 5.02 Å². The van der Waals surface area contributed by atoms with E-state index in [-0.39, 0.29) is 5.91 Å². The van der Waals surface area contributed by atoms with E-state index in [1.807, 2.05) is 0 Å². The maximum absolute atomic E-state index is 11.5. The smallest absolute Gasteiger partial charge is 0.243 e. The summed E-state index contributed by atoms with van der Waals surface area (Å²) in [6.45, 7) is 5.31. The van der Waals surface area contributed by atoms with Crippen molar-refractivity contribution in [1.82, 2.24) is 19.9 Å². The van der Waals surface area contributed by atoms with Gasteiger partial charge in [-0.1, -0.05) is 25.4 Å². The van der Waals surface area contributed by atoms with Crippen LogP contribution in [0.5, 0.6) is 0 Å². The number of amides is 1. The highest BCUT2D eigenvalue weighted by Gasteiger charge is 2.05. The van der Waals surface area contributed by atoms with Crippen LogP contribution in [0, 0.1) is 5.92 Å². The largest absolute Gasteiger partial charge is 0.356 e. The summed E-state index contributed by atoms with van der Waals surface area (Å²) in [7, 11) is 0. The number of hydrogen-bond donors (Lipinski definition) is 2. The Balaban J connectivity index is 1.82. The number of carbonyl (C=O) groups excluding carboxylic acids is 1. The van der Waals surface area contributed by atoms with E-state index < -0.39 is 0 Å². The molecule has 0 aliphatic heterocycles. The number of halogens is 1. The van der Waals surface area contributed by atoms with E-state index in [0.29, 0.717) is 42.0 Å². The van der Waals surface area contributed by atoms with Crippen molar-refractivity contribution < 1.29 is 4.79 Å². The van der Waals surface area contributed by atoms with E-state index >= 15 is 0 Å². The Morgan fingerprint density at radius 2 is 2.25 bits per heavy atom. The van der Waals surface area contributed by atoms with Gasteiger partial charge in [-0.3, -0.25) is 4.79 Å². The van der Waals surface area contributed by atoms with Gasteiger partial charge in [-0.15, -0.1) is 5.10 Å². The predicted molar refractivity (Wildman–Crippen MR) is 79.0 cm³/mol. The molecule has 0 atom stereocenters. The van der Waals surface area contributed by atoms with Gasteiger partial charge >= 0.3 is 0 Å². The van der Waals surface area contributed by atoms with Crippen molar-refractivity contribution in [3.05, 3.63) is 23.4 Å². The van der Waals surface area contributed by atoms with Crippen LogP contribution in [0.1, 0.15) is 20.3 Å². The van der Waals surface area contributed by atoms with Gasteiger partial charge in [0.2, 0.25) is 11.9 Å². The summed E-state index contributed by atoms with van der Waals surface area (Å²) in [5, 5.41) is 10.7. The molecule has 0 spiro atoms. The first-order valence-corrected chi connectivity index (χ1v) is 6.95. The summed E-state index contributed by atoms with van der Waals surface area (Å²) in [4.78, 5) is 15.8. The molecule has 0 unspecified atom stereocenters. The molecule has 2 heterocycles. The van der Waals surface area contributed by atoms with Gasteiger partial charge in [0, 0.05) is 25.7 Å². The standard InChI is InChI=1S/C13H18ClN5O/c1-9(2)7-16-12(20)5-6-15-13-17-11-4-3-10(14)8-19(11)18-13/h3-4,8-9H,5-7H2,1-2H3,(H,15,18)(H,16,20). The first kappa shape index (κ1) is 14.6. The van der Waals surface area contributed by atoms with Gasteiger partial charge in [-0.05, 0) is 18.1 Å². The van der Waals surface area contributed by atoms with Gasteiger partial charge in [0.25, 0.3) is 0 Å². The zero-order valence-electron chi connectivity index (χ0n) is 11.6. The summed E-state index contributed by atoms with van der Waals surface area (Å²) in [5.74, 6) is 0.971. The molecule has 0 saturated carbocycles. The minimum absolute atomic E-state index is 0.0259. The van der Waals surface area contributed by atoms with Crippen molar-refractivity contribution in [2.45, 2.75) is 20.3 Å². The van der Waals surface area contributed by atoms with Crippen LogP contribution in [0.15, 0.2) is 18.3 Å². The van der Waals surface area contributed by atoms with E-state index in [0.717, 1.165) is 0 Å². The second-order valence-electron chi connectivity index (χ2n) is 4.96. The van der Waals surface area contributed by atoms with Crippen LogP contribution >= 0.6 is 11.6 Å².